The first-order chi connectivity index (χ1) is 15.7. The first-order valence-corrected chi connectivity index (χ1v) is 12.2. The number of carbonyl (C=O) groups excluding carboxylic acids is 3. The first-order valence-electron chi connectivity index (χ1n) is 10.8. The Morgan fingerprint density at radius 1 is 0.909 bits per heavy atom. The van der Waals surface area contributed by atoms with Crippen LogP contribution in [0.5, 0.6) is 0 Å². The van der Waals surface area contributed by atoms with Gasteiger partial charge < -0.3 is 5.32 Å². The zero-order chi connectivity index (χ0) is 23.3. The molecule has 4 unspecified atom stereocenters. The van der Waals surface area contributed by atoms with E-state index in [0.717, 1.165) is 16.9 Å². The summed E-state index contributed by atoms with van der Waals surface area (Å²) < 4.78 is 27.5. The molecule has 2 bridgehead atoms. The number of hydrogen-bond donors (Lipinski definition) is 2. The fourth-order valence-electron chi connectivity index (χ4n) is 5.02. The monoisotopic (exact) mass is 465 g/mol. The summed E-state index contributed by atoms with van der Waals surface area (Å²) in [5.41, 5.74) is 1.73. The van der Waals surface area contributed by atoms with Crippen LogP contribution in [-0.2, 0) is 24.4 Å². The Morgan fingerprint density at radius 3 is 2.03 bits per heavy atom. The van der Waals surface area contributed by atoms with Crippen molar-refractivity contribution in [3.05, 3.63) is 66.2 Å². The second-order valence-corrected chi connectivity index (χ2v) is 10.5. The molecular weight excluding hydrogens is 442 g/mol. The fraction of sp³-hybridized carbons (Fsp3) is 0.292. The van der Waals surface area contributed by atoms with Crippen LogP contribution in [0.1, 0.15) is 12.0 Å². The summed E-state index contributed by atoms with van der Waals surface area (Å²) in [5, 5.41) is 2.66. The average Bonchev–Trinajstić information content (AvgIpc) is 3.45. The zero-order valence-electron chi connectivity index (χ0n) is 17.9. The summed E-state index contributed by atoms with van der Waals surface area (Å²) in [4.78, 5) is 39.2. The minimum absolute atomic E-state index is 0.0979. The number of sulfonamides is 1. The van der Waals surface area contributed by atoms with Crippen molar-refractivity contribution in [1.82, 2.24) is 4.90 Å². The lowest BCUT2D eigenvalue weighted by Gasteiger charge is -2.17. The Hall–Kier alpha value is -3.46. The molecule has 0 spiro atoms. The van der Waals surface area contributed by atoms with Crippen molar-refractivity contribution in [1.29, 1.82) is 0 Å². The van der Waals surface area contributed by atoms with E-state index < -0.39 is 15.9 Å². The number of fused-ring (bicyclic) bond motifs is 5. The molecule has 9 heteroatoms. The summed E-state index contributed by atoms with van der Waals surface area (Å²) in [6.45, 7) is 1.55. The molecule has 2 fully saturated rings. The number of rotatable bonds is 6. The van der Waals surface area contributed by atoms with Gasteiger partial charge in [0, 0.05) is 11.4 Å². The second-order valence-electron chi connectivity index (χ2n) is 8.81. The van der Waals surface area contributed by atoms with Crippen LogP contribution in [0.4, 0.5) is 11.4 Å². The Balaban J connectivity index is 1.20. The van der Waals surface area contributed by atoms with Crippen molar-refractivity contribution >= 4 is 39.1 Å². The van der Waals surface area contributed by atoms with Crippen molar-refractivity contribution in [2.24, 2.45) is 23.7 Å². The minimum Gasteiger partial charge on any atom is -0.325 e. The van der Waals surface area contributed by atoms with E-state index in [9.17, 15) is 22.8 Å². The van der Waals surface area contributed by atoms with E-state index in [2.05, 4.69) is 10.0 Å². The summed E-state index contributed by atoms with van der Waals surface area (Å²) in [6, 6.07) is 12.7. The van der Waals surface area contributed by atoms with Crippen molar-refractivity contribution in [2.45, 2.75) is 18.2 Å². The maximum Gasteiger partial charge on any atom is 0.261 e. The highest BCUT2D eigenvalue weighted by atomic mass is 32.2. The largest absolute Gasteiger partial charge is 0.325 e. The van der Waals surface area contributed by atoms with E-state index >= 15 is 0 Å². The van der Waals surface area contributed by atoms with Gasteiger partial charge in [0.25, 0.3) is 10.0 Å². The van der Waals surface area contributed by atoms with E-state index in [0.29, 0.717) is 11.4 Å². The molecular formula is C24H23N3O5S. The maximum atomic E-state index is 12.7. The van der Waals surface area contributed by atoms with Gasteiger partial charge in [-0.2, -0.15) is 0 Å². The predicted octanol–water partition coefficient (Wildman–Crippen LogP) is 2.54. The molecule has 2 aromatic carbocycles. The quantitative estimate of drug-likeness (QED) is 0.503. The third kappa shape index (κ3) is 3.82. The lowest BCUT2D eigenvalue weighted by atomic mass is 9.85. The van der Waals surface area contributed by atoms with Crippen LogP contribution in [0.15, 0.2) is 65.6 Å². The van der Waals surface area contributed by atoms with Gasteiger partial charge in [-0.1, -0.05) is 29.8 Å². The van der Waals surface area contributed by atoms with E-state index in [1.807, 2.05) is 19.1 Å². The van der Waals surface area contributed by atoms with Gasteiger partial charge in [-0.3, -0.25) is 24.0 Å². The highest BCUT2D eigenvalue weighted by Crippen LogP contribution is 2.52. The van der Waals surface area contributed by atoms with Crippen LogP contribution in [-0.4, -0.2) is 37.6 Å². The third-order valence-corrected chi connectivity index (χ3v) is 8.01. The number of benzene rings is 2. The molecule has 4 atom stereocenters. The molecule has 33 heavy (non-hydrogen) atoms. The molecule has 2 aromatic rings. The Kier molecular flexibility index (Phi) is 5.08. The van der Waals surface area contributed by atoms with Crippen molar-refractivity contribution in [3.63, 3.8) is 0 Å². The molecule has 3 aliphatic rings. The number of aryl methyl sites for hydroxylation is 1. The van der Waals surface area contributed by atoms with Crippen LogP contribution in [0, 0.1) is 30.6 Å². The van der Waals surface area contributed by atoms with Gasteiger partial charge in [-0.05, 0) is 61.6 Å². The molecule has 1 heterocycles. The van der Waals surface area contributed by atoms with Gasteiger partial charge in [0.1, 0.15) is 6.54 Å². The lowest BCUT2D eigenvalue weighted by Crippen LogP contribution is -2.39. The molecule has 1 saturated carbocycles. The number of nitrogens with one attached hydrogen (secondary N) is 2. The standard InChI is InChI=1S/C24H23N3O5S/c1-14-2-10-19(11-3-14)33(31,32)26-18-8-6-17(7-9-18)25-20(28)13-27-23(29)21-15-4-5-16(12-15)22(21)24(27)30/h2-11,15-16,21-22,26H,12-13H2,1H3,(H,25,28). The van der Waals surface area contributed by atoms with Gasteiger partial charge >= 0.3 is 0 Å². The Labute approximate surface area is 191 Å². The number of amides is 3. The summed E-state index contributed by atoms with van der Waals surface area (Å²) >= 11 is 0. The topological polar surface area (TPSA) is 113 Å². The Bertz CT molecular complexity index is 1240. The number of nitrogens with zero attached hydrogens (tertiary/aromatic N) is 1. The lowest BCUT2D eigenvalue weighted by molar-refractivity contribution is -0.143. The highest BCUT2D eigenvalue weighted by Gasteiger charge is 2.59. The predicted molar refractivity (Wildman–Crippen MR) is 121 cm³/mol. The van der Waals surface area contributed by atoms with Crippen LogP contribution in [0.25, 0.3) is 0 Å². The third-order valence-electron chi connectivity index (χ3n) is 6.62. The van der Waals surface area contributed by atoms with Crippen LogP contribution < -0.4 is 10.0 Å². The zero-order valence-corrected chi connectivity index (χ0v) is 18.7. The summed E-state index contributed by atoms with van der Waals surface area (Å²) in [7, 11) is -3.73. The number of anilines is 2. The highest BCUT2D eigenvalue weighted by molar-refractivity contribution is 7.92. The van der Waals surface area contributed by atoms with E-state index in [1.165, 1.54) is 24.3 Å². The molecule has 0 aromatic heterocycles. The van der Waals surface area contributed by atoms with Gasteiger partial charge in [-0.15, -0.1) is 0 Å². The Morgan fingerprint density at radius 2 is 1.45 bits per heavy atom. The molecule has 3 amide bonds. The van der Waals surface area contributed by atoms with E-state index in [-0.39, 0.29) is 46.9 Å². The van der Waals surface area contributed by atoms with Crippen molar-refractivity contribution in [2.75, 3.05) is 16.6 Å². The molecule has 0 radical (unpaired) electrons. The van der Waals surface area contributed by atoms with Crippen molar-refractivity contribution in [3.8, 4) is 0 Å². The average molecular weight is 466 g/mol. The van der Waals surface area contributed by atoms with Crippen LogP contribution >= 0.6 is 0 Å². The fourth-order valence-corrected chi connectivity index (χ4v) is 6.08. The van der Waals surface area contributed by atoms with Crippen LogP contribution in [0.3, 0.4) is 0 Å². The van der Waals surface area contributed by atoms with Gasteiger partial charge in [0.15, 0.2) is 0 Å². The number of imide groups is 1. The summed E-state index contributed by atoms with van der Waals surface area (Å²) in [5.74, 6) is -1.48. The molecule has 5 rings (SSSR count). The number of hydrogen-bond acceptors (Lipinski definition) is 5. The molecule has 8 nitrogen and oxygen atoms in total. The normalized spacial score (nSPS) is 25.4. The first kappa shape index (κ1) is 21.4. The second kappa shape index (κ2) is 7.84. The maximum absolute atomic E-state index is 12.7. The van der Waals surface area contributed by atoms with Gasteiger partial charge in [0.2, 0.25) is 17.7 Å². The molecule has 170 valence electrons. The number of likely N-dealkylation sites (tertiary alicyclic amines) is 1. The molecule has 1 aliphatic heterocycles. The molecule has 2 aliphatic carbocycles. The van der Waals surface area contributed by atoms with Gasteiger partial charge in [0.05, 0.1) is 16.7 Å². The smallest absolute Gasteiger partial charge is 0.261 e. The van der Waals surface area contributed by atoms with E-state index in [1.54, 1.807) is 24.3 Å². The number of carbonyl (C=O) groups is 3. The molecule has 1 saturated heterocycles. The number of allylic oxidation sites excluding steroid dienone is 2. The molecule has 2 N–H and O–H groups in total. The minimum atomic E-state index is -3.73. The van der Waals surface area contributed by atoms with Gasteiger partial charge in [-0.25, -0.2) is 8.42 Å². The van der Waals surface area contributed by atoms with Crippen LogP contribution in [0.2, 0.25) is 0 Å². The van der Waals surface area contributed by atoms with Crippen molar-refractivity contribution < 1.29 is 22.8 Å². The SMILES string of the molecule is Cc1ccc(S(=O)(=O)Nc2ccc(NC(=O)CN3C(=O)C4C5C=CC(C5)C4C3=O)cc2)cc1. The summed E-state index contributed by atoms with van der Waals surface area (Å²) in [6.07, 6.45) is 4.86. The van der Waals surface area contributed by atoms with E-state index in [4.69, 9.17) is 0 Å².